The minimum Gasteiger partial charge on any atom is -0.314 e. The summed E-state index contributed by atoms with van der Waals surface area (Å²) < 4.78 is 14.7. The zero-order valence-electron chi connectivity index (χ0n) is 11.4. The topological polar surface area (TPSA) is 24.9 Å². The summed E-state index contributed by atoms with van der Waals surface area (Å²) in [6.07, 6.45) is 3.25. The lowest BCUT2D eigenvalue weighted by atomic mass is 10.0. The van der Waals surface area contributed by atoms with Crippen LogP contribution in [0, 0.1) is 5.82 Å². The maximum atomic E-state index is 13.7. The van der Waals surface area contributed by atoms with E-state index in [2.05, 4.69) is 33.2 Å². The minimum absolute atomic E-state index is 0.140. The lowest BCUT2D eigenvalue weighted by Gasteiger charge is -2.18. The van der Waals surface area contributed by atoms with Gasteiger partial charge in [0.05, 0.1) is 0 Å². The lowest BCUT2D eigenvalue weighted by Crippen LogP contribution is -2.33. The first kappa shape index (κ1) is 15.1. The molecule has 0 saturated heterocycles. The molecule has 1 aromatic carbocycles. The van der Waals surface area contributed by atoms with Crippen LogP contribution in [0.3, 0.4) is 0 Å². The van der Waals surface area contributed by atoms with E-state index in [0.717, 1.165) is 28.7 Å². The summed E-state index contributed by atoms with van der Waals surface area (Å²) in [5.41, 5.74) is 1.76. The second kappa shape index (κ2) is 7.50. The highest BCUT2D eigenvalue weighted by atomic mass is 79.9. The Bertz CT molecular complexity index is 542. The fourth-order valence-corrected chi connectivity index (χ4v) is 2.45. The highest BCUT2D eigenvalue weighted by molar-refractivity contribution is 9.10. The summed E-state index contributed by atoms with van der Waals surface area (Å²) in [6, 6.07) is 11.1. The summed E-state index contributed by atoms with van der Waals surface area (Å²) >= 11 is 3.38. The van der Waals surface area contributed by atoms with Crippen molar-refractivity contribution in [2.24, 2.45) is 0 Å². The van der Waals surface area contributed by atoms with Gasteiger partial charge in [-0.3, -0.25) is 4.98 Å². The molecule has 0 radical (unpaired) electrons. The lowest BCUT2D eigenvalue weighted by molar-refractivity contribution is 0.502. The van der Waals surface area contributed by atoms with Crippen LogP contribution < -0.4 is 5.32 Å². The van der Waals surface area contributed by atoms with Crippen LogP contribution in [0.25, 0.3) is 0 Å². The van der Waals surface area contributed by atoms with Gasteiger partial charge in [-0.25, -0.2) is 4.39 Å². The number of nitrogens with one attached hydrogen (secondary N) is 1. The second-order valence-electron chi connectivity index (χ2n) is 4.72. The predicted molar refractivity (Wildman–Crippen MR) is 83.2 cm³/mol. The Hall–Kier alpha value is -1.26. The summed E-state index contributed by atoms with van der Waals surface area (Å²) in [5.74, 6) is -0.140. The molecule has 2 nitrogen and oxygen atoms in total. The quantitative estimate of drug-likeness (QED) is 0.868. The molecule has 0 aliphatic heterocycles. The summed E-state index contributed by atoms with van der Waals surface area (Å²) in [5, 5.41) is 3.40. The Balaban J connectivity index is 2.07. The molecule has 1 N–H and O–H groups in total. The van der Waals surface area contributed by atoms with Crippen molar-refractivity contribution in [2.45, 2.75) is 25.8 Å². The number of likely N-dealkylation sites (N-methyl/N-ethyl adjacent to an activating group) is 1. The summed E-state index contributed by atoms with van der Waals surface area (Å²) in [6.45, 7) is 2.92. The van der Waals surface area contributed by atoms with Crippen LogP contribution in [0.2, 0.25) is 0 Å². The first-order valence-corrected chi connectivity index (χ1v) is 7.55. The fraction of sp³-hybridized carbons (Fsp3) is 0.312. The molecule has 4 heteroatoms. The first-order valence-electron chi connectivity index (χ1n) is 6.76. The Morgan fingerprint density at radius 2 is 2.00 bits per heavy atom. The Kier molecular flexibility index (Phi) is 5.68. The van der Waals surface area contributed by atoms with Gasteiger partial charge in [0.1, 0.15) is 5.82 Å². The van der Waals surface area contributed by atoms with Crippen LogP contribution in [0.4, 0.5) is 4.39 Å². The second-order valence-corrected chi connectivity index (χ2v) is 5.64. The van der Waals surface area contributed by atoms with Crippen molar-refractivity contribution in [2.75, 3.05) is 6.54 Å². The molecular formula is C16H18BrFN2. The standard InChI is InChI=1S/C16H18BrFN2/c1-2-19-15(9-12-5-3-4-6-16(12)18)10-14-8-7-13(17)11-20-14/h3-8,11,15,19H,2,9-10H2,1H3. The number of benzene rings is 1. The molecular weight excluding hydrogens is 319 g/mol. The van der Waals surface area contributed by atoms with E-state index in [1.54, 1.807) is 12.3 Å². The van der Waals surface area contributed by atoms with Crippen molar-refractivity contribution < 1.29 is 4.39 Å². The SMILES string of the molecule is CCNC(Cc1ccc(Br)cn1)Cc1ccccc1F. The largest absolute Gasteiger partial charge is 0.314 e. The van der Waals surface area contributed by atoms with Crippen LogP contribution >= 0.6 is 15.9 Å². The van der Waals surface area contributed by atoms with Crippen molar-refractivity contribution in [1.82, 2.24) is 10.3 Å². The molecule has 0 saturated carbocycles. The van der Waals surface area contributed by atoms with Gasteiger partial charge in [-0.15, -0.1) is 0 Å². The van der Waals surface area contributed by atoms with Crippen molar-refractivity contribution in [3.63, 3.8) is 0 Å². The fourth-order valence-electron chi connectivity index (χ4n) is 2.21. The molecule has 0 bridgehead atoms. The normalized spacial score (nSPS) is 12.3. The van der Waals surface area contributed by atoms with Crippen molar-refractivity contribution >= 4 is 15.9 Å². The van der Waals surface area contributed by atoms with Crippen LogP contribution in [0.5, 0.6) is 0 Å². The summed E-state index contributed by atoms with van der Waals surface area (Å²) in [4.78, 5) is 4.38. The van der Waals surface area contributed by atoms with E-state index in [4.69, 9.17) is 0 Å². The molecule has 20 heavy (non-hydrogen) atoms. The first-order chi connectivity index (χ1) is 9.69. The van der Waals surface area contributed by atoms with Gasteiger partial charge in [-0.1, -0.05) is 25.1 Å². The van der Waals surface area contributed by atoms with Crippen molar-refractivity contribution in [1.29, 1.82) is 0 Å². The van der Waals surface area contributed by atoms with Gasteiger partial charge in [0, 0.05) is 28.8 Å². The van der Waals surface area contributed by atoms with Crippen LogP contribution in [0.1, 0.15) is 18.2 Å². The van der Waals surface area contributed by atoms with E-state index in [1.807, 2.05) is 24.3 Å². The monoisotopic (exact) mass is 336 g/mol. The van der Waals surface area contributed by atoms with Gasteiger partial charge in [0.15, 0.2) is 0 Å². The van der Waals surface area contributed by atoms with Crippen LogP contribution in [-0.2, 0) is 12.8 Å². The zero-order valence-corrected chi connectivity index (χ0v) is 13.0. The van der Waals surface area contributed by atoms with Gasteiger partial charge < -0.3 is 5.32 Å². The molecule has 2 aromatic rings. The van der Waals surface area contributed by atoms with Gasteiger partial charge in [0.2, 0.25) is 0 Å². The average molecular weight is 337 g/mol. The molecule has 0 spiro atoms. The Morgan fingerprint density at radius 1 is 1.20 bits per heavy atom. The number of nitrogens with zero attached hydrogens (tertiary/aromatic N) is 1. The minimum atomic E-state index is -0.140. The Labute approximate surface area is 127 Å². The van der Waals surface area contributed by atoms with Crippen LogP contribution in [-0.4, -0.2) is 17.6 Å². The molecule has 1 aromatic heterocycles. The molecule has 1 unspecified atom stereocenters. The van der Waals surface area contributed by atoms with Gasteiger partial charge >= 0.3 is 0 Å². The molecule has 0 aliphatic carbocycles. The highest BCUT2D eigenvalue weighted by Crippen LogP contribution is 2.13. The van der Waals surface area contributed by atoms with E-state index in [-0.39, 0.29) is 11.9 Å². The van der Waals surface area contributed by atoms with E-state index in [9.17, 15) is 4.39 Å². The van der Waals surface area contributed by atoms with Gasteiger partial charge in [-0.2, -0.15) is 0 Å². The van der Waals surface area contributed by atoms with E-state index < -0.39 is 0 Å². The maximum absolute atomic E-state index is 13.7. The predicted octanol–water partition coefficient (Wildman–Crippen LogP) is 3.75. The van der Waals surface area contributed by atoms with Gasteiger partial charge in [-0.05, 0) is 52.7 Å². The highest BCUT2D eigenvalue weighted by Gasteiger charge is 2.12. The average Bonchev–Trinajstić information content (AvgIpc) is 2.44. The third kappa shape index (κ3) is 4.39. The smallest absolute Gasteiger partial charge is 0.126 e. The zero-order chi connectivity index (χ0) is 14.4. The molecule has 0 amide bonds. The number of hydrogen-bond donors (Lipinski definition) is 1. The third-order valence-electron chi connectivity index (χ3n) is 3.16. The van der Waals surface area contributed by atoms with E-state index >= 15 is 0 Å². The van der Waals surface area contributed by atoms with Gasteiger partial charge in [0.25, 0.3) is 0 Å². The number of pyridine rings is 1. The van der Waals surface area contributed by atoms with E-state index in [1.165, 1.54) is 6.07 Å². The van der Waals surface area contributed by atoms with Crippen molar-refractivity contribution in [3.05, 3.63) is 64.1 Å². The molecule has 0 fully saturated rings. The number of aromatic nitrogens is 1. The molecule has 1 heterocycles. The maximum Gasteiger partial charge on any atom is 0.126 e. The summed E-state index contributed by atoms with van der Waals surface area (Å²) in [7, 11) is 0. The van der Waals surface area contributed by atoms with Crippen molar-refractivity contribution in [3.8, 4) is 0 Å². The molecule has 106 valence electrons. The molecule has 0 aliphatic rings. The van der Waals surface area contributed by atoms with Crippen LogP contribution in [0.15, 0.2) is 47.1 Å². The number of rotatable bonds is 6. The third-order valence-corrected chi connectivity index (χ3v) is 3.63. The Morgan fingerprint density at radius 3 is 2.65 bits per heavy atom. The molecule has 1 atom stereocenters. The number of hydrogen-bond acceptors (Lipinski definition) is 2. The molecule has 2 rings (SSSR count). The number of halogens is 2. The van der Waals surface area contributed by atoms with E-state index in [0.29, 0.717) is 6.42 Å².